The minimum atomic E-state index is 0.301. The molecule has 2 aromatic rings. The van der Waals surface area contributed by atoms with Gasteiger partial charge in [-0.3, -0.25) is 0 Å². The third-order valence-corrected chi connectivity index (χ3v) is 3.13. The molecule has 0 bridgehead atoms. The van der Waals surface area contributed by atoms with Crippen LogP contribution in [0, 0.1) is 0 Å². The van der Waals surface area contributed by atoms with Gasteiger partial charge in [-0.15, -0.1) is 0 Å². The van der Waals surface area contributed by atoms with E-state index < -0.39 is 0 Å². The van der Waals surface area contributed by atoms with Gasteiger partial charge in [0, 0.05) is 12.0 Å². The molecule has 1 aliphatic carbocycles. The molecule has 2 nitrogen and oxygen atoms in total. The highest BCUT2D eigenvalue weighted by molar-refractivity contribution is 5.43. The van der Waals surface area contributed by atoms with Crippen LogP contribution in [0.4, 0.5) is 0 Å². The smallest absolute Gasteiger partial charge is 0.130 e. The van der Waals surface area contributed by atoms with Crippen LogP contribution in [0.15, 0.2) is 54.6 Å². The molecule has 0 heterocycles. The first-order valence-electron chi connectivity index (χ1n) is 5.92. The van der Waals surface area contributed by atoms with Crippen molar-refractivity contribution in [3.05, 3.63) is 60.2 Å². The average Bonchev–Trinajstić information content (AvgIpc) is 3.08. The molecule has 3 rings (SSSR count). The molecule has 0 saturated heterocycles. The Balaban J connectivity index is 1.88. The molecule has 2 atom stereocenters. The molecule has 0 radical (unpaired) electrons. The molecule has 0 amide bonds. The Morgan fingerprint density at radius 2 is 1.59 bits per heavy atom. The van der Waals surface area contributed by atoms with Crippen LogP contribution >= 0.6 is 0 Å². The highest BCUT2D eigenvalue weighted by atomic mass is 16.5. The summed E-state index contributed by atoms with van der Waals surface area (Å²) in [6.07, 6.45) is 1.06. The van der Waals surface area contributed by atoms with Crippen LogP contribution in [0.2, 0.25) is 0 Å². The summed E-state index contributed by atoms with van der Waals surface area (Å²) in [4.78, 5) is 0. The lowest BCUT2D eigenvalue weighted by Crippen LogP contribution is -2.01. The quantitative estimate of drug-likeness (QED) is 0.869. The highest BCUT2D eigenvalue weighted by Gasteiger charge is 2.36. The Labute approximate surface area is 101 Å². The number of benzene rings is 2. The van der Waals surface area contributed by atoms with Gasteiger partial charge in [-0.05, 0) is 30.2 Å². The molecular formula is C15H15NO. The van der Waals surface area contributed by atoms with E-state index in [0.717, 1.165) is 17.9 Å². The fourth-order valence-electron chi connectivity index (χ4n) is 2.07. The molecule has 86 valence electrons. The highest BCUT2D eigenvalue weighted by Crippen LogP contribution is 2.44. The van der Waals surface area contributed by atoms with Gasteiger partial charge in [0.1, 0.15) is 11.5 Å². The first kappa shape index (κ1) is 10.4. The normalized spacial score (nSPS) is 22.2. The summed E-state index contributed by atoms with van der Waals surface area (Å²) in [5, 5.41) is 0. The van der Waals surface area contributed by atoms with Gasteiger partial charge >= 0.3 is 0 Å². The van der Waals surface area contributed by atoms with Gasteiger partial charge in [0.2, 0.25) is 0 Å². The van der Waals surface area contributed by atoms with Crippen molar-refractivity contribution in [1.29, 1.82) is 0 Å². The van der Waals surface area contributed by atoms with E-state index in [-0.39, 0.29) is 0 Å². The zero-order valence-corrected chi connectivity index (χ0v) is 9.54. The molecule has 1 aliphatic rings. The van der Waals surface area contributed by atoms with Crippen molar-refractivity contribution >= 4 is 0 Å². The third kappa shape index (κ3) is 2.17. The lowest BCUT2D eigenvalue weighted by atomic mass is 10.1. The number of rotatable bonds is 3. The molecule has 2 heteroatoms. The van der Waals surface area contributed by atoms with Crippen LogP contribution in [0.1, 0.15) is 17.9 Å². The van der Waals surface area contributed by atoms with Crippen LogP contribution < -0.4 is 10.5 Å². The van der Waals surface area contributed by atoms with Crippen molar-refractivity contribution in [3.8, 4) is 11.5 Å². The Bertz CT molecular complexity index is 509. The monoisotopic (exact) mass is 225 g/mol. The van der Waals surface area contributed by atoms with E-state index in [1.165, 1.54) is 5.56 Å². The van der Waals surface area contributed by atoms with Gasteiger partial charge in [-0.2, -0.15) is 0 Å². The van der Waals surface area contributed by atoms with Gasteiger partial charge in [-0.1, -0.05) is 36.4 Å². The van der Waals surface area contributed by atoms with Crippen molar-refractivity contribution in [3.63, 3.8) is 0 Å². The maximum Gasteiger partial charge on any atom is 0.130 e. The first-order valence-corrected chi connectivity index (χ1v) is 5.92. The second kappa shape index (κ2) is 4.22. The predicted molar refractivity (Wildman–Crippen MR) is 68.3 cm³/mol. The number of nitrogens with two attached hydrogens (primary N) is 1. The summed E-state index contributed by atoms with van der Waals surface area (Å²) in [5.41, 5.74) is 7.13. The topological polar surface area (TPSA) is 35.2 Å². The van der Waals surface area contributed by atoms with Crippen LogP contribution in [0.5, 0.6) is 11.5 Å². The number of para-hydroxylation sites is 2. The van der Waals surface area contributed by atoms with Gasteiger partial charge in [0.05, 0.1) is 0 Å². The van der Waals surface area contributed by atoms with Crippen LogP contribution in [0.3, 0.4) is 0 Å². The molecule has 0 aromatic heterocycles. The van der Waals surface area contributed by atoms with E-state index in [2.05, 4.69) is 6.07 Å². The first-order chi connectivity index (χ1) is 8.34. The molecule has 2 N–H and O–H groups in total. The maximum absolute atomic E-state index is 5.91. The summed E-state index contributed by atoms with van der Waals surface area (Å²) in [6.45, 7) is 0. The zero-order valence-electron chi connectivity index (χ0n) is 9.54. The Morgan fingerprint density at radius 1 is 0.941 bits per heavy atom. The van der Waals surface area contributed by atoms with Gasteiger partial charge in [-0.25, -0.2) is 0 Å². The summed E-state index contributed by atoms with van der Waals surface area (Å²) >= 11 is 0. The third-order valence-electron chi connectivity index (χ3n) is 3.13. The minimum Gasteiger partial charge on any atom is -0.457 e. The van der Waals surface area contributed by atoms with Crippen LogP contribution in [-0.2, 0) is 0 Å². The van der Waals surface area contributed by atoms with E-state index in [4.69, 9.17) is 10.5 Å². The Hall–Kier alpha value is -1.80. The van der Waals surface area contributed by atoms with Crippen molar-refractivity contribution < 1.29 is 4.74 Å². The van der Waals surface area contributed by atoms with Gasteiger partial charge in [0.25, 0.3) is 0 Å². The van der Waals surface area contributed by atoms with Crippen LogP contribution in [-0.4, -0.2) is 6.04 Å². The van der Waals surface area contributed by atoms with Crippen molar-refractivity contribution in [2.24, 2.45) is 5.73 Å². The second-order valence-corrected chi connectivity index (χ2v) is 4.46. The lowest BCUT2D eigenvalue weighted by molar-refractivity contribution is 0.476. The van der Waals surface area contributed by atoms with Crippen molar-refractivity contribution in [1.82, 2.24) is 0 Å². The molecule has 0 unspecified atom stereocenters. The summed E-state index contributed by atoms with van der Waals surface area (Å²) in [7, 11) is 0. The molecule has 1 fully saturated rings. The predicted octanol–water partition coefficient (Wildman–Crippen LogP) is 3.29. The average molecular weight is 225 g/mol. The van der Waals surface area contributed by atoms with E-state index in [9.17, 15) is 0 Å². The SMILES string of the molecule is N[C@@H]1C[C@@H]1c1ccccc1Oc1ccccc1. The Kier molecular flexibility index (Phi) is 2.57. The molecule has 0 aliphatic heterocycles. The number of ether oxygens (including phenoxy) is 1. The minimum absolute atomic E-state index is 0.301. The van der Waals surface area contributed by atoms with E-state index in [0.29, 0.717) is 12.0 Å². The molecule has 17 heavy (non-hydrogen) atoms. The summed E-state index contributed by atoms with van der Waals surface area (Å²) in [5.74, 6) is 2.26. The van der Waals surface area contributed by atoms with Crippen LogP contribution in [0.25, 0.3) is 0 Å². The van der Waals surface area contributed by atoms with E-state index in [1.807, 2.05) is 48.5 Å². The van der Waals surface area contributed by atoms with E-state index in [1.54, 1.807) is 0 Å². The molecule has 2 aromatic carbocycles. The van der Waals surface area contributed by atoms with Crippen molar-refractivity contribution in [2.45, 2.75) is 18.4 Å². The fourth-order valence-corrected chi connectivity index (χ4v) is 2.07. The second-order valence-electron chi connectivity index (χ2n) is 4.46. The molecule has 1 saturated carbocycles. The maximum atomic E-state index is 5.91. The van der Waals surface area contributed by atoms with Gasteiger partial charge < -0.3 is 10.5 Å². The number of hydrogen-bond acceptors (Lipinski definition) is 2. The largest absolute Gasteiger partial charge is 0.457 e. The number of hydrogen-bond donors (Lipinski definition) is 1. The summed E-state index contributed by atoms with van der Waals surface area (Å²) in [6, 6.07) is 18.3. The van der Waals surface area contributed by atoms with E-state index >= 15 is 0 Å². The molecule has 0 spiro atoms. The van der Waals surface area contributed by atoms with Gasteiger partial charge in [0.15, 0.2) is 0 Å². The standard InChI is InChI=1S/C15H15NO/c16-14-10-13(14)12-8-4-5-9-15(12)17-11-6-2-1-3-7-11/h1-9,13-14H,10,16H2/t13-,14-/m1/s1. The zero-order chi connectivity index (χ0) is 11.7. The Morgan fingerprint density at radius 3 is 2.29 bits per heavy atom. The fraction of sp³-hybridized carbons (Fsp3) is 0.200. The molecular weight excluding hydrogens is 210 g/mol. The van der Waals surface area contributed by atoms with Crippen molar-refractivity contribution in [2.75, 3.05) is 0 Å². The lowest BCUT2D eigenvalue weighted by Gasteiger charge is -2.10. The summed E-state index contributed by atoms with van der Waals surface area (Å²) < 4.78 is 5.90.